The molecule has 0 radical (unpaired) electrons. The molecule has 0 fully saturated rings. The summed E-state index contributed by atoms with van der Waals surface area (Å²) >= 11 is 6.00. The summed E-state index contributed by atoms with van der Waals surface area (Å²) < 4.78 is 1.52. The zero-order valence-corrected chi connectivity index (χ0v) is 12.7. The molecule has 1 aromatic carbocycles. The molecule has 0 atom stereocenters. The number of amides is 2. The van der Waals surface area contributed by atoms with Gasteiger partial charge in [0.25, 0.3) is 5.91 Å². The number of carbonyl (C=O) groups excluding carboxylic acids is 2. The van der Waals surface area contributed by atoms with Crippen LogP contribution < -0.4 is 11.1 Å². The molecule has 1 aromatic heterocycles. The third-order valence-electron chi connectivity index (χ3n) is 2.90. The van der Waals surface area contributed by atoms with Crippen LogP contribution in [0.4, 0.5) is 5.69 Å². The Kier molecular flexibility index (Phi) is 4.95. The Balaban J connectivity index is 2.14. The van der Waals surface area contributed by atoms with Crippen LogP contribution in [0.1, 0.15) is 23.0 Å². The Morgan fingerprint density at radius 1 is 1.41 bits per heavy atom. The van der Waals surface area contributed by atoms with Gasteiger partial charge in [-0.15, -0.1) is 0 Å². The molecule has 7 heteroatoms. The van der Waals surface area contributed by atoms with Crippen molar-refractivity contribution in [1.82, 2.24) is 9.78 Å². The molecular formula is C15H15ClN4O2. The van der Waals surface area contributed by atoms with Crippen LogP contribution in [0.3, 0.4) is 0 Å². The fourth-order valence-corrected chi connectivity index (χ4v) is 2.01. The molecule has 114 valence electrons. The van der Waals surface area contributed by atoms with Crippen LogP contribution in [0.5, 0.6) is 0 Å². The van der Waals surface area contributed by atoms with Crippen molar-refractivity contribution in [3.63, 3.8) is 0 Å². The van der Waals surface area contributed by atoms with Gasteiger partial charge >= 0.3 is 0 Å². The van der Waals surface area contributed by atoms with Gasteiger partial charge in [-0.1, -0.05) is 29.8 Å². The van der Waals surface area contributed by atoms with Crippen LogP contribution >= 0.6 is 11.6 Å². The van der Waals surface area contributed by atoms with E-state index in [1.165, 1.54) is 10.8 Å². The first-order valence-corrected chi connectivity index (χ1v) is 7.00. The predicted octanol–water partition coefficient (Wildman–Crippen LogP) is 2.31. The molecule has 6 nitrogen and oxygen atoms in total. The second-order valence-electron chi connectivity index (χ2n) is 4.46. The van der Waals surface area contributed by atoms with Crippen molar-refractivity contribution in [2.45, 2.75) is 13.5 Å². The average molecular weight is 319 g/mol. The largest absolute Gasteiger partial charge is 0.364 e. The van der Waals surface area contributed by atoms with Gasteiger partial charge in [0, 0.05) is 23.8 Å². The highest BCUT2D eigenvalue weighted by Gasteiger charge is 2.14. The maximum absolute atomic E-state index is 11.9. The van der Waals surface area contributed by atoms with Gasteiger partial charge in [0.05, 0.1) is 5.69 Å². The average Bonchev–Trinajstić information content (AvgIpc) is 2.89. The predicted molar refractivity (Wildman–Crippen MR) is 85.5 cm³/mol. The number of hydrogen-bond acceptors (Lipinski definition) is 3. The number of rotatable bonds is 5. The fraction of sp³-hybridized carbons (Fsp3) is 0.133. The van der Waals surface area contributed by atoms with Crippen molar-refractivity contribution in [2.24, 2.45) is 5.73 Å². The van der Waals surface area contributed by atoms with Gasteiger partial charge in [0.1, 0.15) is 0 Å². The maximum Gasteiger partial charge on any atom is 0.271 e. The molecule has 0 spiro atoms. The summed E-state index contributed by atoms with van der Waals surface area (Å²) in [5.74, 6) is -1.10. The number of benzene rings is 1. The van der Waals surface area contributed by atoms with Gasteiger partial charge in [-0.2, -0.15) is 5.10 Å². The number of aromatic nitrogens is 2. The summed E-state index contributed by atoms with van der Waals surface area (Å²) in [6.07, 6.45) is 4.47. The number of nitrogens with two attached hydrogens (primary N) is 1. The molecule has 0 saturated carbocycles. The van der Waals surface area contributed by atoms with Crippen LogP contribution in [0.25, 0.3) is 6.08 Å². The Labute approximate surface area is 132 Å². The lowest BCUT2D eigenvalue weighted by Crippen LogP contribution is -2.16. The minimum atomic E-state index is -0.697. The van der Waals surface area contributed by atoms with Crippen LogP contribution in [-0.4, -0.2) is 21.6 Å². The second-order valence-corrected chi connectivity index (χ2v) is 4.86. The molecule has 3 N–H and O–H groups in total. The summed E-state index contributed by atoms with van der Waals surface area (Å²) in [6.45, 7) is 2.42. The Bertz CT molecular complexity index is 737. The van der Waals surface area contributed by atoms with Crippen molar-refractivity contribution in [3.05, 3.63) is 52.8 Å². The van der Waals surface area contributed by atoms with Gasteiger partial charge in [-0.05, 0) is 24.6 Å². The van der Waals surface area contributed by atoms with E-state index < -0.39 is 11.8 Å². The number of primary amides is 1. The molecule has 0 saturated heterocycles. The number of halogens is 1. The zero-order chi connectivity index (χ0) is 16.1. The Morgan fingerprint density at radius 2 is 2.14 bits per heavy atom. The molecule has 2 rings (SSSR count). The molecule has 2 amide bonds. The standard InChI is InChI=1S/C15H15ClN4O2/c1-2-20-9-12(14(19-20)15(17)22)18-13(21)8-7-10-5-3-4-6-11(10)16/h3-9H,2H2,1H3,(H2,17,22)(H,18,21)/b8-7+. The van der Waals surface area contributed by atoms with Crippen LogP contribution in [-0.2, 0) is 11.3 Å². The summed E-state index contributed by atoms with van der Waals surface area (Å²) in [5, 5.41) is 7.12. The first kappa shape index (κ1) is 15.8. The van der Waals surface area contributed by atoms with Crippen LogP contribution in [0.2, 0.25) is 5.02 Å². The van der Waals surface area contributed by atoms with Crippen molar-refractivity contribution >= 4 is 35.2 Å². The van der Waals surface area contributed by atoms with Crippen molar-refractivity contribution in [2.75, 3.05) is 5.32 Å². The minimum absolute atomic E-state index is 0.0290. The van der Waals surface area contributed by atoms with Crippen LogP contribution in [0.15, 0.2) is 36.5 Å². The quantitative estimate of drug-likeness (QED) is 0.829. The molecule has 0 unspecified atom stereocenters. The Hall–Kier alpha value is -2.60. The Morgan fingerprint density at radius 3 is 2.77 bits per heavy atom. The van der Waals surface area contributed by atoms with Crippen LogP contribution in [0, 0.1) is 0 Å². The second kappa shape index (κ2) is 6.91. The van der Waals surface area contributed by atoms with Gasteiger partial charge < -0.3 is 11.1 Å². The van der Waals surface area contributed by atoms with Gasteiger partial charge in [-0.25, -0.2) is 0 Å². The van der Waals surface area contributed by atoms with Gasteiger partial charge in [-0.3, -0.25) is 14.3 Å². The number of anilines is 1. The lowest BCUT2D eigenvalue weighted by molar-refractivity contribution is -0.111. The zero-order valence-electron chi connectivity index (χ0n) is 11.9. The number of nitrogens with zero attached hydrogens (tertiary/aromatic N) is 2. The minimum Gasteiger partial charge on any atom is -0.364 e. The molecule has 0 aliphatic rings. The van der Waals surface area contributed by atoms with Gasteiger partial charge in [0.15, 0.2) is 5.69 Å². The molecule has 22 heavy (non-hydrogen) atoms. The van der Waals surface area contributed by atoms with Crippen molar-refractivity contribution < 1.29 is 9.59 Å². The summed E-state index contributed by atoms with van der Waals surface area (Å²) in [6, 6.07) is 7.14. The first-order valence-electron chi connectivity index (χ1n) is 6.62. The van der Waals surface area contributed by atoms with Gasteiger partial charge in [0.2, 0.25) is 5.91 Å². The van der Waals surface area contributed by atoms with E-state index >= 15 is 0 Å². The fourth-order valence-electron chi connectivity index (χ4n) is 1.81. The topological polar surface area (TPSA) is 90.0 Å². The van der Waals surface area contributed by atoms with Crippen molar-refractivity contribution in [3.8, 4) is 0 Å². The lowest BCUT2D eigenvalue weighted by Gasteiger charge is -2.00. The van der Waals surface area contributed by atoms with E-state index in [4.69, 9.17) is 17.3 Å². The smallest absolute Gasteiger partial charge is 0.271 e. The normalized spacial score (nSPS) is 10.8. The lowest BCUT2D eigenvalue weighted by atomic mass is 10.2. The summed E-state index contributed by atoms with van der Waals surface area (Å²) in [7, 11) is 0. The molecule has 2 aromatic rings. The highest BCUT2D eigenvalue weighted by atomic mass is 35.5. The van der Waals surface area contributed by atoms with E-state index in [2.05, 4.69) is 10.4 Å². The maximum atomic E-state index is 11.9. The third kappa shape index (κ3) is 3.73. The molecule has 0 aliphatic carbocycles. The highest BCUT2D eigenvalue weighted by Crippen LogP contribution is 2.17. The molecule has 0 aliphatic heterocycles. The van der Waals surface area contributed by atoms with E-state index in [1.807, 2.05) is 13.0 Å². The number of aryl methyl sites for hydroxylation is 1. The van der Waals surface area contributed by atoms with E-state index in [-0.39, 0.29) is 11.4 Å². The third-order valence-corrected chi connectivity index (χ3v) is 3.24. The molecule has 0 bridgehead atoms. The molecule has 1 heterocycles. The SMILES string of the molecule is CCn1cc(NC(=O)/C=C/c2ccccc2Cl)c(C(N)=O)n1. The van der Waals surface area contributed by atoms with E-state index in [9.17, 15) is 9.59 Å². The number of nitrogens with one attached hydrogen (secondary N) is 1. The monoisotopic (exact) mass is 318 g/mol. The molecular weight excluding hydrogens is 304 g/mol. The van der Waals surface area contributed by atoms with E-state index in [0.717, 1.165) is 5.56 Å². The van der Waals surface area contributed by atoms with E-state index in [0.29, 0.717) is 11.6 Å². The summed E-state index contributed by atoms with van der Waals surface area (Å²) in [4.78, 5) is 23.3. The summed E-state index contributed by atoms with van der Waals surface area (Å²) in [5.41, 5.74) is 6.27. The number of carbonyl (C=O) groups is 2. The highest BCUT2D eigenvalue weighted by molar-refractivity contribution is 6.32. The van der Waals surface area contributed by atoms with E-state index in [1.54, 1.807) is 30.5 Å². The number of hydrogen-bond donors (Lipinski definition) is 2. The first-order chi connectivity index (χ1) is 10.5. The van der Waals surface area contributed by atoms with Crippen molar-refractivity contribution in [1.29, 1.82) is 0 Å².